The lowest BCUT2D eigenvalue weighted by molar-refractivity contribution is 0.216. The molecule has 0 amide bonds. The van der Waals surface area contributed by atoms with Gasteiger partial charge in [0.2, 0.25) is 4.17 Å². The van der Waals surface area contributed by atoms with Crippen LogP contribution in [-0.2, 0) is 0 Å². The zero-order valence-electron chi connectivity index (χ0n) is 7.42. The van der Waals surface area contributed by atoms with Crippen LogP contribution in [0.4, 0.5) is 0 Å². The second-order valence-corrected chi connectivity index (χ2v) is 7.87. The summed E-state index contributed by atoms with van der Waals surface area (Å²) in [6.45, 7) is 8.18. The third-order valence-electron chi connectivity index (χ3n) is 0.577. The van der Waals surface area contributed by atoms with Gasteiger partial charge >= 0.3 is 21.7 Å². The summed E-state index contributed by atoms with van der Waals surface area (Å²) in [7, 11) is -0.137. The molecule has 0 bridgehead atoms. The van der Waals surface area contributed by atoms with Crippen molar-refractivity contribution in [1.82, 2.24) is 0 Å². The molecular weight excluding hydrogens is 176 g/mol. The maximum absolute atomic E-state index is 8.06. The molecule has 59 valence electrons. The van der Waals surface area contributed by atoms with Crippen molar-refractivity contribution in [3.8, 4) is 0 Å². The first-order valence-corrected chi connectivity index (χ1v) is 7.60. The minimum atomic E-state index is -0.167. The molecule has 0 fully saturated rings. The zero-order valence-corrected chi connectivity index (χ0v) is 10.8. The quantitative estimate of drug-likeness (QED) is 0.625. The Morgan fingerprint density at radius 1 is 1.40 bits per heavy atom. The van der Waals surface area contributed by atoms with Crippen molar-refractivity contribution in [2.45, 2.75) is 37.2 Å². The van der Waals surface area contributed by atoms with Crippen LogP contribution >= 0.6 is 12.4 Å². The number of hydrogen-bond donors (Lipinski definition) is 1. The highest BCUT2D eigenvalue weighted by molar-refractivity contribution is 6.62. The van der Waals surface area contributed by atoms with Crippen LogP contribution in [0, 0.1) is 0 Å². The summed E-state index contributed by atoms with van der Waals surface area (Å²) in [6, 6.07) is 0. The molecule has 0 spiro atoms. The largest absolute Gasteiger partial charge is 1.41 e. The number of halogens is 1. The Bertz CT molecular complexity index is 50.3. The fourth-order valence-electron chi connectivity index (χ4n) is 0. The third-order valence-corrected chi connectivity index (χ3v) is 5.20. The van der Waals surface area contributed by atoms with Gasteiger partial charge in [-0.25, -0.2) is 0 Å². The fourth-order valence-corrected chi connectivity index (χ4v) is 0. The molecule has 0 saturated heterocycles. The van der Waals surface area contributed by atoms with Gasteiger partial charge in [0.15, 0.2) is 0 Å². The first-order chi connectivity index (χ1) is 4.00. The molecule has 0 aromatic rings. The second kappa shape index (κ2) is 12.9. The molecule has 4 heteroatoms. The summed E-state index contributed by atoms with van der Waals surface area (Å²) in [5.74, 6) is 0. The van der Waals surface area contributed by atoms with E-state index in [1.54, 1.807) is 13.8 Å². The van der Waals surface area contributed by atoms with E-state index in [1.807, 2.05) is 0 Å². The normalized spacial score (nSPS) is 8.40. The first kappa shape index (κ1) is 17.4. The maximum atomic E-state index is 8.06. The molecule has 0 aliphatic carbocycles. The van der Waals surface area contributed by atoms with E-state index in [9.17, 15) is 0 Å². The molecule has 0 aliphatic heterocycles. The molecule has 0 aliphatic rings. The molecule has 0 rings (SSSR count). The van der Waals surface area contributed by atoms with Gasteiger partial charge in [-0.05, 0) is 13.8 Å². The molecule has 0 unspecified atom stereocenters. The van der Waals surface area contributed by atoms with Crippen molar-refractivity contribution >= 4 is 42.9 Å². The summed E-state index contributed by atoms with van der Waals surface area (Å²) in [5.41, 5.74) is 0. The fraction of sp³-hybridized carbons (Fsp3) is 1.00. The molecule has 1 nitrogen and oxygen atoms in total. The molecule has 1 N–H and O–H groups in total. The van der Waals surface area contributed by atoms with Crippen molar-refractivity contribution in [2.24, 2.45) is 0 Å². The van der Waals surface area contributed by atoms with Crippen molar-refractivity contribution in [2.75, 3.05) is 0 Å². The van der Waals surface area contributed by atoms with Crippen LogP contribution in [-0.4, -0.2) is 41.7 Å². The van der Waals surface area contributed by atoms with Gasteiger partial charge in [-0.15, -0.1) is 12.4 Å². The van der Waals surface area contributed by atoms with Gasteiger partial charge < -0.3 is 5.11 Å². The summed E-state index contributed by atoms with van der Waals surface area (Å²) in [6.07, 6.45) is -0.167. The van der Waals surface area contributed by atoms with Gasteiger partial charge in [-0.1, -0.05) is 13.1 Å². The van der Waals surface area contributed by atoms with Gasteiger partial charge in [-0.3, -0.25) is 0 Å². The topological polar surface area (TPSA) is 20.2 Å². The number of rotatable bonds is 1. The smallest absolute Gasteiger partial charge is 0.394 e. The average molecular weight is 194 g/mol. The maximum Gasteiger partial charge on any atom is 1.41 e. The Morgan fingerprint density at radius 2 is 1.50 bits per heavy atom. The van der Waals surface area contributed by atoms with E-state index in [0.29, 0.717) is 0 Å². The molecule has 0 heterocycles. The van der Waals surface area contributed by atoms with Crippen molar-refractivity contribution in [1.29, 1.82) is 0 Å². The van der Waals surface area contributed by atoms with Gasteiger partial charge in [0, 0.05) is 6.10 Å². The summed E-state index contributed by atoms with van der Waals surface area (Å²) >= 11 is 2.10. The Balaban J connectivity index is -0.0000000910. The number of aliphatic hydroxyl groups is 1. The van der Waals surface area contributed by atoms with Crippen LogP contribution in [0.2, 0.25) is 17.3 Å². The average Bonchev–Trinajstić information content (AvgIpc) is 1.65. The predicted octanol–water partition coefficient (Wildman–Crippen LogP) is 1.41. The van der Waals surface area contributed by atoms with Gasteiger partial charge in [-0.2, -0.15) is 0 Å². The minimum absolute atomic E-state index is 0. The molecule has 10 heavy (non-hydrogen) atoms. The van der Waals surface area contributed by atoms with Crippen LogP contribution in [0.5, 0.6) is 0 Å². The Morgan fingerprint density at radius 3 is 1.50 bits per heavy atom. The Labute approximate surface area is 85.0 Å². The molecule has 0 aromatic carbocycles. The summed E-state index contributed by atoms with van der Waals surface area (Å²) in [4.78, 5) is 0. The van der Waals surface area contributed by atoms with Crippen LogP contribution in [0.15, 0.2) is 0 Å². The predicted molar refractivity (Wildman–Crippen MR) is 54.0 cm³/mol. The second-order valence-electron chi connectivity index (χ2n) is 2.78. The molecule has 0 aromatic heterocycles. The number of hydrogen-bond acceptors (Lipinski definition) is 1. The molecule has 7 radical (unpaired) electrons. The first-order valence-electron chi connectivity index (χ1n) is 3.48. The lowest BCUT2D eigenvalue weighted by Crippen LogP contribution is -1.95. The van der Waals surface area contributed by atoms with Crippen LogP contribution in [0.1, 0.15) is 13.8 Å². The molecule has 0 saturated carbocycles. The van der Waals surface area contributed by atoms with Crippen molar-refractivity contribution < 1.29 is 5.11 Å². The van der Waals surface area contributed by atoms with Gasteiger partial charge in [0.25, 0.3) is 0 Å². The van der Waals surface area contributed by atoms with Gasteiger partial charge in [0.1, 0.15) is 8.80 Å². The van der Waals surface area contributed by atoms with E-state index in [-0.39, 0.29) is 27.3 Å². The van der Waals surface area contributed by atoms with Crippen molar-refractivity contribution in [3.63, 3.8) is 0 Å². The van der Waals surface area contributed by atoms with Gasteiger partial charge in [0.05, 0.1) is 0 Å². The van der Waals surface area contributed by atoms with Crippen LogP contribution in [0.25, 0.3) is 0 Å². The van der Waals surface area contributed by atoms with E-state index in [4.69, 9.17) is 5.11 Å². The zero-order chi connectivity index (χ0) is 7.86. The lowest BCUT2D eigenvalue weighted by atomic mass is 10.5. The minimum Gasteiger partial charge on any atom is -0.394 e. The lowest BCUT2D eigenvalue weighted by Gasteiger charge is -1.80. The highest BCUT2D eigenvalue weighted by atomic mass is 35.5. The number of aliphatic hydroxyl groups excluding tert-OH is 1. The van der Waals surface area contributed by atoms with E-state index < -0.39 is 0 Å². The summed E-state index contributed by atoms with van der Waals surface area (Å²) in [5, 5.41) is 8.06. The molecular formula is C6H18ClMgOSi+2. The van der Waals surface area contributed by atoms with E-state index in [2.05, 4.69) is 34.8 Å². The van der Waals surface area contributed by atoms with Crippen molar-refractivity contribution in [3.05, 3.63) is 0 Å². The third kappa shape index (κ3) is 59.9. The van der Waals surface area contributed by atoms with Crippen LogP contribution < -0.4 is 0 Å². The van der Waals surface area contributed by atoms with E-state index in [1.165, 1.54) is 4.17 Å². The standard InChI is InChI=1S/C3H8O.C3H9Si.ClH.Mg/c1-3(2)4;1-4(2)3;;/h3-4H,1-2H3;4H,1H2,2-3H3;1H;/q;;;+2. The van der Waals surface area contributed by atoms with E-state index >= 15 is 0 Å². The SMILES string of the molecule is CC(C)O.C[SiH](C)[CH2][Mg+2].Cl. The van der Waals surface area contributed by atoms with E-state index in [0.717, 1.165) is 0 Å². The van der Waals surface area contributed by atoms with Crippen LogP contribution in [0.3, 0.4) is 0 Å². The highest BCUT2D eigenvalue weighted by Gasteiger charge is 2.24. The Kier molecular flexibility index (Phi) is 22.3. The molecule has 0 atom stereocenters. The monoisotopic (exact) mass is 193 g/mol. The highest BCUT2D eigenvalue weighted by Crippen LogP contribution is 1.79. The summed E-state index contributed by atoms with van der Waals surface area (Å²) < 4.78 is 1.47. The Hall–Kier alpha value is 1.23.